The van der Waals surface area contributed by atoms with E-state index in [0.717, 1.165) is 32.1 Å². The maximum atomic E-state index is 13.0. The van der Waals surface area contributed by atoms with E-state index in [4.69, 9.17) is 11.6 Å². The highest BCUT2D eigenvalue weighted by atomic mass is 35.5. The Labute approximate surface area is 142 Å². The standard InChI is InChI=1S/C17H22ClNO3S/c1-23(21,22)13-8-9-15(18)14(11-13)17(20)19-10-4-6-12-5-2-3-7-16(12)19/h8-9,11-12,16H,2-7,10H2,1H3. The smallest absolute Gasteiger partial charge is 0.255 e. The van der Waals surface area contributed by atoms with Gasteiger partial charge in [0.25, 0.3) is 5.91 Å². The van der Waals surface area contributed by atoms with Gasteiger partial charge in [0.2, 0.25) is 0 Å². The molecule has 1 saturated carbocycles. The summed E-state index contributed by atoms with van der Waals surface area (Å²) in [6.45, 7) is 0.736. The molecule has 0 bridgehead atoms. The van der Waals surface area contributed by atoms with Crippen molar-refractivity contribution in [3.8, 4) is 0 Å². The minimum absolute atomic E-state index is 0.128. The molecule has 3 rings (SSSR count). The van der Waals surface area contributed by atoms with E-state index in [9.17, 15) is 13.2 Å². The van der Waals surface area contributed by atoms with Crippen LogP contribution in [0.4, 0.5) is 0 Å². The first kappa shape index (κ1) is 16.8. The van der Waals surface area contributed by atoms with Gasteiger partial charge in [-0.3, -0.25) is 4.79 Å². The second-order valence-electron chi connectivity index (χ2n) is 6.67. The van der Waals surface area contributed by atoms with Gasteiger partial charge in [0.1, 0.15) is 0 Å². The van der Waals surface area contributed by atoms with Crippen LogP contribution in [0.2, 0.25) is 5.02 Å². The number of rotatable bonds is 2. The summed E-state index contributed by atoms with van der Waals surface area (Å²) in [6.07, 6.45) is 7.96. The number of piperidine rings is 1. The number of benzene rings is 1. The van der Waals surface area contributed by atoms with Crippen molar-refractivity contribution in [1.29, 1.82) is 0 Å². The molecule has 1 saturated heterocycles. The Balaban J connectivity index is 1.93. The molecule has 0 radical (unpaired) electrons. The lowest BCUT2D eigenvalue weighted by atomic mass is 9.78. The average molecular weight is 356 g/mol. The van der Waals surface area contributed by atoms with Crippen molar-refractivity contribution in [2.24, 2.45) is 5.92 Å². The maximum absolute atomic E-state index is 13.0. The van der Waals surface area contributed by atoms with Crippen molar-refractivity contribution in [1.82, 2.24) is 4.90 Å². The Kier molecular flexibility index (Phi) is 4.70. The SMILES string of the molecule is CS(=O)(=O)c1ccc(Cl)c(C(=O)N2CCCC3CCCCC32)c1. The highest BCUT2D eigenvalue weighted by molar-refractivity contribution is 7.90. The van der Waals surface area contributed by atoms with E-state index >= 15 is 0 Å². The Morgan fingerprint density at radius 2 is 1.87 bits per heavy atom. The van der Waals surface area contributed by atoms with Crippen LogP contribution < -0.4 is 0 Å². The predicted octanol–water partition coefficient (Wildman–Crippen LogP) is 3.54. The number of sulfone groups is 1. The van der Waals surface area contributed by atoms with E-state index in [1.807, 2.05) is 4.90 Å². The number of halogens is 1. The molecule has 1 aliphatic carbocycles. The van der Waals surface area contributed by atoms with Gasteiger partial charge >= 0.3 is 0 Å². The zero-order valence-corrected chi connectivity index (χ0v) is 14.9. The van der Waals surface area contributed by atoms with Gasteiger partial charge in [-0.2, -0.15) is 0 Å². The van der Waals surface area contributed by atoms with E-state index < -0.39 is 9.84 Å². The zero-order chi connectivity index (χ0) is 16.6. The van der Waals surface area contributed by atoms with E-state index in [2.05, 4.69) is 0 Å². The molecule has 1 aromatic carbocycles. The molecule has 2 aliphatic rings. The van der Waals surface area contributed by atoms with Gasteiger partial charge in [-0.1, -0.05) is 24.4 Å². The summed E-state index contributed by atoms with van der Waals surface area (Å²) in [6, 6.07) is 4.66. The molecule has 1 amide bonds. The molecule has 126 valence electrons. The third kappa shape index (κ3) is 3.41. The molecule has 6 heteroatoms. The number of hydrogen-bond acceptors (Lipinski definition) is 3. The van der Waals surface area contributed by atoms with Gasteiger partial charge in [0.15, 0.2) is 9.84 Å². The third-order valence-electron chi connectivity index (χ3n) is 5.10. The van der Waals surface area contributed by atoms with Gasteiger partial charge in [-0.05, 0) is 49.8 Å². The van der Waals surface area contributed by atoms with Gasteiger partial charge in [-0.25, -0.2) is 8.42 Å². The van der Waals surface area contributed by atoms with Crippen molar-refractivity contribution in [3.63, 3.8) is 0 Å². The highest BCUT2D eigenvalue weighted by Crippen LogP contribution is 2.36. The maximum Gasteiger partial charge on any atom is 0.255 e. The molecule has 4 nitrogen and oxygen atoms in total. The van der Waals surface area contributed by atoms with Crippen LogP contribution in [0.1, 0.15) is 48.9 Å². The first-order valence-corrected chi connectivity index (χ1v) is 10.5. The summed E-state index contributed by atoms with van der Waals surface area (Å²) in [5.74, 6) is 0.454. The van der Waals surface area contributed by atoms with Gasteiger partial charge in [-0.15, -0.1) is 0 Å². The molecule has 0 aromatic heterocycles. The quantitative estimate of drug-likeness (QED) is 0.815. The molecule has 2 atom stereocenters. The van der Waals surface area contributed by atoms with Crippen LogP contribution in [0.25, 0.3) is 0 Å². The average Bonchev–Trinajstić information content (AvgIpc) is 2.53. The summed E-state index contributed by atoms with van der Waals surface area (Å²) >= 11 is 6.19. The second-order valence-corrected chi connectivity index (χ2v) is 9.09. The Morgan fingerprint density at radius 1 is 1.17 bits per heavy atom. The van der Waals surface area contributed by atoms with E-state index in [0.29, 0.717) is 16.5 Å². The van der Waals surface area contributed by atoms with Crippen LogP contribution >= 0.6 is 11.6 Å². The van der Waals surface area contributed by atoms with Gasteiger partial charge < -0.3 is 4.90 Å². The van der Waals surface area contributed by atoms with Crippen molar-refractivity contribution >= 4 is 27.3 Å². The highest BCUT2D eigenvalue weighted by Gasteiger charge is 2.36. The Hall–Kier alpha value is -1.07. The monoisotopic (exact) mass is 355 g/mol. The summed E-state index contributed by atoms with van der Waals surface area (Å²) in [5.41, 5.74) is 0.306. The Morgan fingerprint density at radius 3 is 2.61 bits per heavy atom. The molecule has 2 unspecified atom stereocenters. The number of fused-ring (bicyclic) bond motifs is 1. The van der Waals surface area contributed by atoms with Gasteiger partial charge in [0.05, 0.1) is 15.5 Å². The number of hydrogen-bond donors (Lipinski definition) is 0. The van der Waals surface area contributed by atoms with Crippen LogP contribution in [-0.2, 0) is 9.84 Å². The summed E-state index contributed by atoms with van der Waals surface area (Å²) in [5, 5.41) is 0.320. The molecule has 23 heavy (non-hydrogen) atoms. The summed E-state index contributed by atoms with van der Waals surface area (Å²) in [7, 11) is -3.36. The molecule has 1 aromatic rings. The number of carbonyl (C=O) groups is 1. The molecule has 2 fully saturated rings. The number of amides is 1. The van der Waals surface area contributed by atoms with E-state index in [-0.39, 0.29) is 16.8 Å². The predicted molar refractivity (Wildman–Crippen MR) is 90.6 cm³/mol. The van der Waals surface area contributed by atoms with Crippen LogP contribution in [0.3, 0.4) is 0 Å². The Bertz CT molecular complexity index is 715. The van der Waals surface area contributed by atoms with Crippen molar-refractivity contribution in [3.05, 3.63) is 28.8 Å². The lowest BCUT2D eigenvalue weighted by Crippen LogP contribution is -2.49. The van der Waals surface area contributed by atoms with Crippen molar-refractivity contribution < 1.29 is 13.2 Å². The molecule has 1 aliphatic heterocycles. The van der Waals surface area contributed by atoms with Gasteiger partial charge in [0, 0.05) is 18.8 Å². The topological polar surface area (TPSA) is 54.5 Å². The van der Waals surface area contributed by atoms with Crippen LogP contribution in [0.5, 0.6) is 0 Å². The molecular weight excluding hydrogens is 334 g/mol. The second kappa shape index (κ2) is 6.44. The van der Waals surface area contributed by atoms with Crippen molar-refractivity contribution in [2.75, 3.05) is 12.8 Å². The zero-order valence-electron chi connectivity index (χ0n) is 13.3. The lowest BCUT2D eigenvalue weighted by Gasteiger charge is -2.44. The van der Waals surface area contributed by atoms with Crippen LogP contribution in [0, 0.1) is 5.92 Å². The number of nitrogens with zero attached hydrogens (tertiary/aromatic N) is 1. The number of carbonyl (C=O) groups excluding carboxylic acids is 1. The third-order valence-corrected chi connectivity index (χ3v) is 6.54. The fourth-order valence-electron chi connectivity index (χ4n) is 3.93. The normalized spacial score (nSPS) is 25.0. The fraction of sp³-hybridized carbons (Fsp3) is 0.588. The van der Waals surface area contributed by atoms with Crippen LogP contribution in [-0.4, -0.2) is 38.1 Å². The van der Waals surface area contributed by atoms with E-state index in [1.54, 1.807) is 0 Å². The molecule has 1 heterocycles. The van der Waals surface area contributed by atoms with Crippen molar-refractivity contribution in [2.45, 2.75) is 49.5 Å². The minimum Gasteiger partial charge on any atom is -0.335 e. The summed E-state index contributed by atoms with van der Waals surface area (Å²) in [4.78, 5) is 15.1. The largest absolute Gasteiger partial charge is 0.335 e. The molecule has 0 N–H and O–H groups in total. The molecule has 0 spiro atoms. The van der Waals surface area contributed by atoms with E-state index in [1.165, 1.54) is 37.5 Å². The first-order chi connectivity index (χ1) is 10.9. The summed E-state index contributed by atoms with van der Waals surface area (Å²) < 4.78 is 23.5. The van der Waals surface area contributed by atoms with Crippen LogP contribution in [0.15, 0.2) is 23.1 Å². The first-order valence-electron chi connectivity index (χ1n) is 8.18. The fourth-order valence-corrected chi connectivity index (χ4v) is 4.78. The lowest BCUT2D eigenvalue weighted by molar-refractivity contribution is 0.0390. The number of likely N-dealkylation sites (tertiary alicyclic amines) is 1. The minimum atomic E-state index is -3.36. The molecular formula is C17H22ClNO3S.